The molecule has 0 N–H and O–H groups in total. The molecule has 0 spiro atoms. The van der Waals surface area contributed by atoms with Gasteiger partial charge in [0.1, 0.15) is 11.8 Å². The molecule has 0 aromatic heterocycles. The zero-order chi connectivity index (χ0) is 25.7. The van der Waals surface area contributed by atoms with Crippen LogP contribution in [-0.2, 0) is 23.9 Å². The number of carbonyl (C=O) groups is 4. The van der Waals surface area contributed by atoms with Crippen LogP contribution in [0.2, 0.25) is 0 Å². The summed E-state index contributed by atoms with van der Waals surface area (Å²) in [5, 5.41) is 11.0. The quantitative estimate of drug-likeness (QED) is 0.172. The van der Waals surface area contributed by atoms with Gasteiger partial charge in [0.15, 0.2) is 5.92 Å². The van der Waals surface area contributed by atoms with Crippen LogP contribution in [0.5, 0.6) is 5.75 Å². The van der Waals surface area contributed by atoms with Crippen LogP contribution < -0.4 is 14.5 Å². The number of amides is 3. The lowest BCUT2D eigenvalue weighted by atomic mass is 9.97. The van der Waals surface area contributed by atoms with E-state index < -0.39 is 40.8 Å². The van der Waals surface area contributed by atoms with E-state index in [4.69, 9.17) is 14.2 Å². The van der Waals surface area contributed by atoms with Gasteiger partial charge in [-0.2, -0.15) is 0 Å². The van der Waals surface area contributed by atoms with Gasteiger partial charge in [0.25, 0.3) is 11.6 Å². The fourth-order valence-electron chi connectivity index (χ4n) is 3.65. The molecule has 184 valence electrons. The number of methoxy groups -OCH3 is 1. The monoisotopic (exact) mass is 485 g/mol. The fraction of sp³-hybridized carbons (Fsp3) is 0.304. The summed E-state index contributed by atoms with van der Waals surface area (Å²) in [7, 11) is 1.45. The Balaban J connectivity index is 2.14. The van der Waals surface area contributed by atoms with Crippen LogP contribution in [0, 0.1) is 16.0 Å². The Labute approximate surface area is 200 Å². The second-order valence-electron chi connectivity index (χ2n) is 7.22. The van der Waals surface area contributed by atoms with E-state index >= 15 is 0 Å². The molecule has 3 rings (SSSR count). The number of nitro benzene ring substituents is 1. The Morgan fingerprint density at radius 3 is 1.91 bits per heavy atom. The molecule has 0 radical (unpaired) electrons. The third-order valence-electron chi connectivity index (χ3n) is 5.22. The Kier molecular flexibility index (Phi) is 7.64. The van der Waals surface area contributed by atoms with E-state index in [9.17, 15) is 29.3 Å². The maximum absolute atomic E-state index is 13.6. The number of ether oxygens (including phenoxy) is 3. The van der Waals surface area contributed by atoms with Gasteiger partial charge in [-0.25, -0.2) is 9.69 Å². The van der Waals surface area contributed by atoms with Gasteiger partial charge in [0.2, 0.25) is 0 Å². The predicted molar refractivity (Wildman–Crippen MR) is 122 cm³/mol. The molecule has 2 aromatic carbocycles. The van der Waals surface area contributed by atoms with Gasteiger partial charge >= 0.3 is 18.0 Å². The molecule has 35 heavy (non-hydrogen) atoms. The van der Waals surface area contributed by atoms with Gasteiger partial charge in [-0.1, -0.05) is 0 Å². The highest BCUT2D eigenvalue weighted by atomic mass is 16.6. The number of nitrogens with zero attached hydrogens (tertiary/aromatic N) is 3. The Morgan fingerprint density at radius 1 is 0.943 bits per heavy atom. The summed E-state index contributed by atoms with van der Waals surface area (Å²) < 4.78 is 15.2. The number of hydrogen-bond acceptors (Lipinski definition) is 9. The van der Waals surface area contributed by atoms with Gasteiger partial charge in [-0.3, -0.25) is 29.4 Å². The van der Waals surface area contributed by atoms with E-state index in [1.807, 2.05) is 0 Å². The summed E-state index contributed by atoms with van der Waals surface area (Å²) in [5.74, 6) is -4.24. The van der Waals surface area contributed by atoms with Gasteiger partial charge in [0, 0.05) is 17.8 Å². The normalized spacial score (nSPS) is 15.4. The van der Waals surface area contributed by atoms with Crippen LogP contribution >= 0.6 is 0 Å². The molecule has 1 heterocycles. The SMILES string of the molecule is CCOC(=O)C(C(=O)OCC)C1C(=O)N(c2ccc([N+](=O)[O-])cc2)C(=O)N1c1ccc(OC)cc1. The lowest BCUT2D eigenvalue weighted by Crippen LogP contribution is -2.49. The van der Waals surface area contributed by atoms with E-state index in [0.29, 0.717) is 5.75 Å². The standard InChI is InChI=1S/C23H23N3O9/c1-4-34-21(28)18(22(29)35-5-2)19-20(27)25(15-6-8-16(9-7-15)26(31)32)23(30)24(19)14-10-12-17(33-3)13-11-14/h6-13,18-19H,4-5H2,1-3H3. The Hall–Kier alpha value is -4.48. The van der Waals surface area contributed by atoms with Crippen molar-refractivity contribution in [2.24, 2.45) is 5.92 Å². The minimum absolute atomic E-state index is 0.0260. The zero-order valence-corrected chi connectivity index (χ0v) is 19.2. The summed E-state index contributed by atoms with van der Waals surface area (Å²) in [6, 6.07) is 8.31. The first-order valence-corrected chi connectivity index (χ1v) is 10.6. The number of esters is 2. The molecule has 1 fully saturated rings. The molecule has 1 saturated heterocycles. The molecule has 12 nitrogen and oxygen atoms in total. The molecule has 1 atom stereocenters. The summed E-state index contributed by atoms with van der Waals surface area (Å²) in [6.45, 7) is 2.93. The summed E-state index contributed by atoms with van der Waals surface area (Å²) in [4.78, 5) is 64.9. The third-order valence-corrected chi connectivity index (χ3v) is 5.22. The van der Waals surface area contributed by atoms with Crippen LogP contribution in [0.4, 0.5) is 21.9 Å². The number of benzene rings is 2. The molecule has 0 saturated carbocycles. The third kappa shape index (κ3) is 4.90. The van der Waals surface area contributed by atoms with Crippen LogP contribution in [0.15, 0.2) is 48.5 Å². The smallest absolute Gasteiger partial charge is 0.336 e. The Bertz CT molecular complexity index is 1110. The van der Waals surface area contributed by atoms with Gasteiger partial charge in [0.05, 0.1) is 30.9 Å². The number of anilines is 2. The zero-order valence-electron chi connectivity index (χ0n) is 19.2. The maximum atomic E-state index is 13.6. The average molecular weight is 485 g/mol. The van der Waals surface area contributed by atoms with E-state index in [-0.39, 0.29) is 30.3 Å². The highest BCUT2D eigenvalue weighted by Crippen LogP contribution is 2.35. The lowest BCUT2D eigenvalue weighted by Gasteiger charge is -2.26. The average Bonchev–Trinajstić information content (AvgIpc) is 3.09. The maximum Gasteiger partial charge on any atom is 0.336 e. The first kappa shape index (κ1) is 25.1. The number of non-ortho nitro benzene ring substituents is 1. The van der Waals surface area contributed by atoms with Crippen molar-refractivity contribution in [2.45, 2.75) is 19.9 Å². The molecule has 3 amide bonds. The molecule has 1 unspecified atom stereocenters. The van der Waals surface area contributed by atoms with Crippen LogP contribution in [0.25, 0.3) is 0 Å². The highest BCUT2D eigenvalue weighted by Gasteiger charge is 2.55. The van der Waals surface area contributed by atoms with Gasteiger partial charge in [-0.15, -0.1) is 0 Å². The first-order valence-electron chi connectivity index (χ1n) is 10.6. The molecule has 0 aliphatic carbocycles. The van der Waals surface area contributed by atoms with Crippen molar-refractivity contribution < 1.29 is 38.3 Å². The summed E-state index contributed by atoms with van der Waals surface area (Å²) in [6.07, 6.45) is 0. The minimum Gasteiger partial charge on any atom is -0.497 e. The van der Waals surface area contributed by atoms with E-state index in [1.54, 1.807) is 12.1 Å². The van der Waals surface area contributed by atoms with Crippen molar-refractivity contribution in [1.82, 2.24) is 0 Å². The lowest BCUT2D eigenvalue weighted by molar-refractivity contribution is -0.384. The van der Waals surface area contributed by atoms with Crippen molar-refractivity contribution >= 4 is 40.9 Å². The second kappa shape index (κ2) is 10.6. The molecular formula is C23H23N3O9. The summed E-state index contributed by atoms with van der Waals surface area (Å²) >= 11 is 0. The number of carbonyl (C=O) groups excluding carboxylic acids is 4. The van der Waals surface area contributed by atoms with Crippen molar-refractivity contribution in [3.8, 4) is 5.75 Å². The summed E-state index contributed by atoms with van der Waals surface area (Å²) in [5.41, 5.74) is -0.0115. The molecule has 12 heteroatoms. The van der Waals surface area contributed by atoms with Gasteiger partial charge in [-0.05, 0) is 50.2 Å². The van der Waals surface area contributed by atoms with Crippen LogP contribution in [0.3, 0.4) is 0 Å². The number of imide groups is 1. The van der Waals surface area contributed by atoms with Crippen molar-refractivity contribution in [3.05, 3.63) is 58.6 Å². The first-order chi connectivity index (χ1) is 16.7. The van der Waals surface area contributed by atoms with E-state index in [1.165, 1.54) is 45.2 Å². The largest absolute Gasteiger partial charge is 0.497 e. The predicted octanol–water partition coefficient (Wildman–Crippen LogP) is 2.69. The van der Waals surface area contributed by atoms with E-state index in [2.05, 4.69) is 0 Å². The molecule has 0 bridgehead atoms. The Morgan fingerprint density at radius 2 is 1.46 bits per heavy atom. The number of nitro groups is 1. The highest BCUT2D eigenvalue weighted by molar-refractivity contribution is 6.30. The number of hydrogen-bond donors (Lipinski definition) is 0. The van der Waals surface area contributed by atoms with Gasteiger partial charge < -0.3 is 14.2 Å². The van der Waals surface area contributed by atoms with Crippen molar-refractivity contribution in [1.29, 1.82) is 0 Å². The van der Waals surface area contributed by atoms with E-state index in [0.717, 1.165) is 21.9 Å². The molecule has 1 aliphatic heterocycles. The minimum atomic E-state index is -1.77. The van der Waals surface area contributed by atoms with Crippen molar-refractivity contribution in [3.63, 3.8) is 0 Å². The molecular weight excluding hydrogens is 462 g/mol. The second-order valence-corrected chi connectivity index (χ2v) is 7.22. The topological polar surface area (TPSA) is 146 Å². The van der Waals surface area contributed by atoms with Crippen LogP contribution in [0.1, 0.15) is 13.8 Å². The number of urea groups is 1. The van der Waals surface area contributed by atoms with Crippen molar-refractivity contribution in [2.75, 3.05) is 30.1 Å². The number of rotatable bonds is 9. The molecule has 2 aromatic rings. The van der Waals surface area contributed by atoms with Crippen LogP contribution in [-0.4, -0.2) is 55.2 Å². The fourth-order valence-corrected chi connectivity index (χ4v) is 3.65. The molecule has 1 aliphatic rings.